The summed E-state index contributed by atoms with van der Waals surface area (Å²) < 4.78 is 0. The van der Waals surface area contributed by atoms with Crippen LogP contribution in [0.1, 0.15) is 44.9 Å². The lowest BCUT2D eigenvalue weighted by molar-refractivity contribution is -0.182. The highest BCUT2D eigenvalue weighted by atomic mass is 16.2. The maximum Gasteiger partial charge on any atom is 0.249 e. The Labute approximate surface area is 158 Å². The van der Waals surface area contributed by atoms with Crippen molar-refractivity contribution < 1.29 is 9.59 Å². The Morgan fingerprint density at radius 3 is 2.78 bits per heavy atom. The third-order valence-electron chi connectivity index (χ3n) is 8.33. The van der Waals surface area contributed by atoms with Gasteiger partial charge in [0.1, 0.15) is 11.1 Å². The van der Waals surface area contributed by atoms with Crippen molar-refractivity contribution in [2.24, 2.45) is 11.8 Å². The van der Waals surface area contributed by atoms with Gasteiger partial charge < -0.3 is 15.2 Å². The summed E-state index contributed by atoms with van der Waals surface area (Å²) in [4.78, 5) is 32.6. The quantitative estimate of drug-likeness (QED) is 0.755. The number of H-pyrrole nitrogens is 1. The van der Waals surface area contributed by atoms with E-state index < -0.39 is 11.1 Å². The molecule has 4 saturated heterocycles. The zero-order chi connectivity index (χ0) is 18.8. The van der Waals surface area contributed by atoms with E-state index in [1.54, 1.807) is 0 Å². The van der Waals surface area contributed by atoms with Gasteiger partial charge in [-0.1, -0.05) is 39.0 Å². The van der Waals surface area contributed by atoms with E-state index in [2.05, 4.69) is 43.2 Å². The second kappa shape index (κ2) is 4.40. The monoisotopic (exact) mass is 363 g/mol. The SMILES string of the molecule is C[C@H]1CCN2C(=O)[C@@]34Cc5c([nH]c6ccccc56)C(C)(C)[C@H]3C[C@@]12C(=O)N4. The highest BCUT2D eigenvalue weighted by molar-refractivity contribution is 6.06. The molecule has 0 radical (unpaired) electrons. The van der Waals surface area contributed by atoms with E-state index in [9.17, 15) is 9.59 Å². The van der Waals surface area contributed by atoms with E-state index in [0.29, 0.717) is 13.0 Å². The van der Waals surface area contributed by atoms with Crippen molar-refractivity contribution in [1.82, 2.24) is 15.2 Å². The molecule has 1 aromatic heterocycles. The number of fused-ring (bicyclic) bond motifs is 4. The molecular weight excluding hydrogens is 338 g/mol. The zero-order valence-electron chi connectivity index (χ0n) is 16.1. The minimum atomic E-state index is -0.801. The van der Waals surface area contributed by atoms with Gasteiger partial charge in [-0.05, 0) is 30.4 Å². The first kappa shape index (κ1) is 15.7. The molecule has 5 heteroatoms. The van der Waals surface area contributed by atoms with Crippen LogP contribution in [0.5, 0.6) is 0 Å². The Bertz CT molecular complexity index is 1040. The zero-order valence-corrected chi connectivity index (χ0v) is 16.1. The topological polar surface area (TPSA) is 65.2 Å². The molecule has 4 aliphatic heterocycles. The fourth-order valence-corrected chi connectivity index (χ4v) is 6.89. The standard InChI is InChI=1S/C22H25N3O2/c1-12-8-9-25-19(27)21-10-14-13-6-4-5-7-15(13)23-17(14)20(2,3)16(21)11-22(12,25)18(26)24-21/h4-7,12,16,23H,8-11H2,1-3H3,(H,24,26)/t12-,16+,21+,22-/m0/s1. The molecule has 1 aliphatic carbocycles. The van der Waals surface area contributed by atoms with Crippen LogP contribution < -0.4 is 5.32 Å². The smallest absolute Gasteiger partial charge is 0.249 e. The molecule has 2 bridgehead atoms. The van der Waals surface area contributed by atoms with Crippen molar-refractivity contribution in [1.29, 1.82) is 0 Å². The summed E-state index contributed by atoms with van der Waals surface area (Å²) in [5, 5.41) is 4.45. The molecule has 140 valence electrons. The predicted octanol–water partition coefficient (Wildman–Crippen LogP) is 2.50. The van der Waals surface area contributed by atoms with Gasteiger partial charge in [0.05, 0.1) is 0 Å². The van der Waals surface area contributed by atoms with E-state index in [1.807, 2.05) is 17.0 Å². The van der Waals surface area contributed by atoms with Crippen LogP contribution in [-0.4, -0.2) is 39.3 Å². The highest BCUT2D eigenvalue weighted by Crippen LogP contribution is 2.60. The van der Waals surface area contributed by atoms with E-state index >= 15 is 0 Å². The summed E-state index contributed by atoms with van der Waals surface area (Å²) in [7, 11) is 0. The van der Waals surface area contributed by atoms with Crippen molar-refractivity contribution in [3.63, 3.8) is 0 Å². The summed E-state index contributed by atoms with van der Waals surface area (Å²) in [6.45, 7) is 7.33. The van der Waals surface area contributed by atoms with Crippen LogP contribution in [-0.2, 0) is 21.4 Å². The molecule has 5 heterocycles. The van der Waals surface area contributed by atoms with Crippen molar-refractivity contribution in [3.05, 3.63) is 35.5 Å². The number of aromatic nitrogens is 1. The fourth-order valence-electron chi connectivity index (χ4n) is 6.89. The van der Waals surface area contributed by atoms with E-state index in [-0.39, 0.29) is 29.1 Å². The molecule has 1 aromatic carbocycles. The predicted molar refractivity (Wildman–Crippen MR) is 102 cm³/mol. The molecule has 5 aliphatic rings. The number of nitrogens with zero attached hydrogens (tertiary/aromatic N) is 1. The van der Waals surface area contributed by atoms with E-state index in [1.165, 1.54) is 16.6 Å². The second-order valence-corrected chi connectivity index (χ2v) is 9.68. The maximum absolute atomic E-state index is 13.8. The van der Waals surface area contributed by atoms with Gasteiger partial charge in [0.15, 0.2) is 0 Å². The van der Waals surface area contributed by atoms with Crippen LogP contribution in [0, 0.1) is 11.8 Å². The lowest BCUT2D eigenvalue weighted by Crippen LogP contribution is -2.85. The molecule has 0 unspecified atom stereocenters. The number of rotatable bonds is 0. The first-order chi connectivity index (χ1) is 12.8. The van der Waals surface area contributed by atoms with E-state index in [0.717, 1.165) is 18.4 Å². The fraction of sp³-hybridized carbons (Fsp3) is 0.545. The largest absolute Gasteiger partial charge is 0.358 e. The number of carbonyl (C=O) groups excluding carboxylic acids is 2. The van der Waals surface area contributed by atoms with Gasteiger partial charge in [-0.3, -0.25) is 9.59 Å². The van der Waals surface area contributed by atoms with Crippen LogP contribution >= 0.6 is 0 Å². The average Bonchev–Trinajstić information content (AvgIpc) is 3.17. The number of amides is 2. The Morgan fingerprint density at radius 1 is 1.19 bits per heavy atom. The molecule has 27 heavy (non-hydrogen) atoms. The van der Waals surface area contributed by atoms with Crippen molar-refractivity contribution in [2.75, 3.05) is 6.54 Å². The molecule has 7 rings (SSSR count). The van der Waals surface area contributed by atoms with Crippen LogP contribution in [0.2, 0.25) is 0 Å². The van der Waals surface area contributed by atoms with Gasteiger partial charge in [-0.15, -0.1) is 0 Å². The van der Waals surface area contributed by atoms with Gasteiger partial charge in [-0.25, -0.2) is 0 Å². The summed E-state index contributed by atoms with van der Waals surface area (Å²) in [6.07, 6.45) is 2.27. The van der Waals surface area contributed by atoms with Crippen LogP contribution in [0.25, 0.3) is 10.9 Å². The Morgan fingerprint density at radius 2 is 1.96 bits per heavy atom. The summed E-state index contributed by atoms with van der Waals surface area (Å²) in [5.41, 5.74) is 1.89. The van der Waals surface area contributed by atoms with Gasteiger partial charge in [0, 0.05) is 40.9 Å². The molecule has 2 spiro atoms. The number of para-hydroxylation sites is 1. The lowest BCUT2D eigenvalue weighted by atomic mass is 9.50. The van der Waals surface area contributed by atoms with Crippen LogP contribution in [0.3, 0.4) is 0 Å². The van der Waals surface area contributed by atoms with E-state index in [4.69, 9.17) is 0 Å². The number of piperazine rings is 1. The number of carbonyl (C=O) groups is 2. The Balaban J connectivity index is 1.63. The first-order valence-corrected chi connectivity index (χ1v) is 10.1. The summed E-state index contributed by atoms with van der Waals surface area (Å²) in [5.74, 6) is 0.529. The highest BCUT2D eigenvalue weighted by Gasteiger charge is 2.74. The molecule has 4 fully saturated rings. The average molecular weight is 363 g/mol. The van der Waals surface area contributed by atoms with Gasteiger partial charge in [-0.2, -0.15) is 0 Å². The molecule has 4 atom stereocenters. The lowest BCUT2D eigenvalue weighted by Gasteiger charge is -2.64. The molecule has 2 amide bonds. The van der Waals surface area contributed by atoms with Crippen LogP contribution in [0.15, 0.2) is 24.3 Å². The molecule has 0 saturated carbocycles. The van der Waals surface area contributed by atoms with Gasteiger partial charge >= 0.3 is 0 Å². The number of hydrogen-bond donors (Lipinski definition) is 2. The van der Waals surface area contributed by atoms with Crippen molar-refractivity contribution in [2.45, 2.75) is 56.5 Å². The third-order valence-corrected chi connectivity index (χ3v) is 8.33. The van der Waals surface area contributed by atoms with Gasteiger partial charge in [0.2, 0.25) is 11.8 Å². The third kappa shape index (κ3) is 1.48. The number of benzene rings is 1. The summed E-state index contributed by atoms with van der Waals surface area (Å²) >= 11 is 0. The summed E-state index contributed by atoms with van der Waals surface area (Å²) in [6, 6.07) is 8.31. The minimum absolute atomic E-state index is 0.0717. The molecule has 2 aromatic rings. The van der Waals surface area contributed by atoms with Crippen molar-refractivity contribution >= 4 is 22.7 Å². The molecule has 2 N–H and O–H groups in total. The second-order valence-electron chi connectivity index (χ2n) is 9.68. The Hall–Kier alpha value is -2.30. The first-order valence-electron chi connectivity index (χ1n) is 10.1. The van der Waals surface area contributed by atoms with Crippen molar-refractivity contribution in [3.8, 4) is 0 Å². The molecule has 5 nitrogen and oxygen atoms in total. The number of aromatic amines is 1. The number of piperidine rings is 2. The van der Waals surface area contributed by atoms with Crippen LogP contribution in [0.4, 0.5) is 0 Å². The minimum Gasteiger partial charge on any atom is -0.358 e. The normalized spacial score (nSPS) is 38.6. The van der Waals surface area contributed by atoms with Gasteiger partial charge in [0.25, 0.3) is 0 Å². The number of nitrogens with one attached hydrogen (secondary N) is 2. The Kier molecular flexibility index (Phi) is 2.56. The molecular formula is C22H25N3O2. The number of hydrogen-bond acceptors (Lipinski definition) is 2. The maximum atomic E-state index is 13.8.